The van der Waals surface area contributed by atoms with E-state index < -0.39 is 0 Å². The number of rotatable bonds is 5. The molecule has 1 aliphatic heterocycles. The van der Waals surface area contributed by atoms with Gasteiger partial charge in [0.1, 0.15) is 0 Å². The predicted octanol–water partition coefficient (Wildman–Crippen LogP) is 2.30. The summed E-state index contributed by atoms with van der Waals surface area (Å²) in [5.74, 6) is 1.69. The number of hydrogen-bond acceptors (Lipinski definition) is 3. The highest BCUT2D eigenvalue weighted by atomic mass is 16.5. The van der Waals surface area contributed by atoms with Crippen LogP contribution in [0.15, 0.2) is 0 Å². The molecule has 0 radical (unpaired) electrons. The van der Waals surface area contributed by atoms with Gasteiger partial charge in [-0.2, -0.15) is 0 Å². The first-order valence-electron chi connectivity index (χ1n) is 7.70. The van der Waals surface area contributed by atoms with Gasteiger partial charge in [0.05, 0.1) is 5.60 Å². The highest BCUT2D eigenvalue weighted by Gasteiger charge is 2.32. The van der Waals surface area contributed by atoms with Crippen LogP contribution in [0.25, 0.3) is 0 Å². The zero-order valence-corrected chi connectivity index (χ0v) is 12.1. The van der Waals surface area contributed by atoms with Gasteiger partial charge in [-0.25, -0.2) is 0 Å². The third-order valence-electron chi connectivity index (χ3n) is 4.92. The molecule has 2 aliphatic rings. The maximum Gasteiger partial charge on any atom is 0.0779 e. The number of nitrogens with one attached hydrogen (secondary N) is 1. The minimum atomic E-state index is 0.0510. The third kappa shape index (κ3) is 3.69. The normalized spacial score (nSPS) is 38.8. The quantitative estimate of drug-likeness (QED) is 0.791. The highest BCUT2D eigenvalue weighted by molar-refractivity contribution is 4.87. The first-order valence-corrected chi connectivity index (χ1v) is 7.70. The molecule has 0 aromatic heterocycles. The minimum Gasteiger partial charge on any atom is -0.374 e. The fraction of sp³-hybridized carbons (Fsp3) is 1.00. The molecule has 106 valence electrons. The van der Waals surface area contributed by atoms with E-state index in [2.05, 4.69) is 19.2 Å². The Morgan fingerprint density at radius 3 is 2.61 bits per heavy atom. The van der Waals surface area contributed by atoms with Crippen LogP contribution in [0.1, 0.15) is 52.4 Å². The molecule has 2 fully saturated rings. The Bertz CT molecular complexity index is 243. The molecule has 0 amide bonds. The molecule has 1 saturated carbocycles. The number of nitrogens with two attached hydrogens (primary N) is 1. The predicted molar refractivity (Wildman–Crippen MR) is 75.6 cm³/mol. The largest absolute Gasteiger partial charge is 0.374 e. The molecule has 2 unspecified atom stereocenters. The molecule has 0 bridgehead atoms. The Kier molecular flexibility index (Phi) is 5.05. The van der Waals surface area contributed by atoms with Gasteiger partial charge in [-0.3, -0.25) is 0 Å². The Labute approximate surface area is 112 Å². The summed E-state index contributed by atoms with van der Waals surface area (Å²) < 4.78 is 5.84. The summed E-state index contributed by atoms with van der Waals surface area (Å²) in [5.41, 5.74) is 6.01. The van der Waals surface area contributed by atoms with E-state index in [0.29, 0.717) is 6.04 Å². The Morgan fingerprint density at radius 2 is 2.06 bits per heavy atom. The summed E-state index contributed by atoms with van der Waals surface area (Å²) in [6.07, 6.45) is 7.81. The van der Waals surface area contributed by atoms with Crippen LogP contribution in [0, 0.1) is 11.8 Å². The van der Waals surface area contributed by atoms with Crippen LogP contribution in [0.4, 0.5) is 0 Å². The van der Waals surface area contributed by atoms with E-state index in [-0.39, 0.29) is 5.60 Å². The molecule has 0 aromatic carbocycles. The van der Waals surface area contributed by atoms with Gasteiger partial charge < -0.3 is 15.8 Å². The van der Waals surface area contributed by atoms with Crippen LogP contribution < -0.4 is 11.1 Å². The second kappa shape index (κ2) is 6.36. The second-order valence-corrected chi connectivity index (χ2v) is 6.64. The molecule has 0 spiro atoms. The van der Waals surface area contributed by atoms with Crippen LogP contribution in [0.2, 0.25) is 0 Å². The van der Waals surface area contributed by atoms with Gasteiger partial charge in [0.25, 0.3) is 0 Å². The lowest BCUT2D eigenvalue weighted by Gasteiger charge is -2.35. The fourth-order valence-corrected chi connectivity index (χ4v) is 3.45. The van der Waals surface area contributed by atoms with Crippen molar-refractivity contribution in [3.05, 3.63) is 0 Å². The van der Waals surface area contributed by atoms with Gasteiger partial charge >= 0.3 is 0 Å². The molecule has 3 N–H and O–H groups in total. The van der Waals surface area contributed by atoms with Gasteiger partial charge in [-0.05, 0) is 44.4 Å². The molecular weight excluding hydrogens is 224 g/mol. The first-order chi connectivity index (χ1) is 8.63. The van der Waals surface area contributed by atoms with E-state index in [4.69, 9.17) is 10.5 Å². The van der Waals surface area contributed by atoms with Crippen molar-refractivity contribution in [3.8, 4) is 0 Å². The van der Waals surface area contributed by atoms with Crippen LogP contribution in [-0.4, -0.2) is 31.3 Å². The SMILES string of the molecule is CC1CCC(C(CN)NCC2(C)CCCO2)CC1. The van der Waals surface area contributed by atoms with Crippen molar-refractivity contribution in [1.82, 2.24) is 5.32 Å². The van der Waals surface area contributed by atoms with Crippen molar-refractivity contribution < 1.29 is 4.74 Å². The average Bonchev–Trinajstić information content (AvgIpc) is 2.79. The summed E-state index contributed by atoms with van der Waals surface area (Å²) in [6, 6.07) is 0.485. The lowest BCUT2D eigenvalue weighted by molar-refractivity contribution is 0.0165. The van der Waals surface area contributed by atoms with Crippen molar-refractivity contribution in [2.45, 2.75) is 64.0 Å². The fourth-order valence-electron chi connectivity index (χ4n) is 3.45. The van der Waals surface area contributed by atoms with Gasteiger partial charge in [-0.15, -0.1) is 0 Å². The van der Waals surface area contributed by atoms with Crippen LogP contribution in [0.5, 0.6) is 0 Å². The van der Waals surface area contributed by atoms with Crippen molar-refractivity contribution in [1.29, 1.82) is 0 Å². The van der Waals surface area contributed by atoms with Gasteiger partial charge in [0.15, 0.2) is 0 Å². The minimum absolute atomic E-state index is 0.0510. The average molecular weight is 254 g/mol. The van der Waals surface area contributed by atoms with E-state index in [0.717, 1.165) is 31.5 Å². The Morgan fingerprint density at radius 1 is 1.33 bits per heavy atom. The molecule has 0 aromatic rings. The van der Waals surface area contributed by atoms with Gasteiger partial charge in [0, 0.05) is 25.7 Å². The van der Waals surface area contributed by atoms with E-state index in [1.165, 1.54) is 38.5 Å². The molecular formula is C15H30N2O. The lowest BCUT2D eigenvalue weighted by atomic mass is 9.79. The molecule has 3 heteroatoms. The molecule has 18 heavy (non-hydrogen) atoms. The first kappa shape index (κ1) is 14.3. The summed E-state index contributed by atoms with van der Waals surface area (Å²) in [7, 11) is 0. The zero-order chi connectivity index (χ0) is 13.0. The zero-order valence-electron chi connectivity index (χ0n) is 12.1. The monoisotopic (exact) mass is 254 g/mol. The van der Waals surface area contributed by atoms with E-state index in [9.17, 15) is 0 Å². The molecule has 2 rings (SSSR count). The molecule has 1 aliphatic carbocycles. The highest BCUT2D eigenvalue weighted by Crippen LogP contribution is 2.31. The van der Waals surface area contributed by atoms with Crippen LogP contribution in [-0.2, 0) is 4.74 Å². The third-order valence-corrected chi connectivity index (χ3v) is 4.92. The molecule has 1 saturated heterocycles. The summed E-state index contributed by atoms with van der Waals surface area (Å²) in [6.45, 7) is 7.24. The van der Waals surface area contributed by atoms with Gasteiger partial charge in [0.2, 0.25) is 0 Å². The standard InChI is InChI=1S/C15H30N2O/c1-12-4-6-13(7-5-12)14(10-16)17-11-15(2)8-3-9-18-15/h12-14,17H,3-11,16H2,1-2H3. The Hall–Kier alpha value is -0.120. The number of hydrogen-bond donors (Lipinski definition) is 2. The molecule has 1 heterocycles. The van der Waals surface area contributed by atoms with Crippen molar-refractivity contribution in [2.75, 3.05) is 19.7 Å². The second-order valence-electron chi connectivity index (χ2n) is 6.64. The Balaban J connectivity index is 1.78. The summed E-state index contributed by atoms with van der Waals surface area (Å²) >= 11 is 0. The summed E-state index contributed by atoms with van der Waals surface area (Å²) in [4.78, 5) is 0. The van der Waals surface area contributed by atoms with Crippen molar-refractivity contribution in [2.24, 2.45) is 17.6 Å². The molecule has 2 atom stereocenters. The van der Waals surface area contributed by atoms with Crippen molar-refractivity contribution in [3.63, 3.8) is 0 Å². The topological polar surface area (TPSA) is 47.3 Å². The van der Waals surface area contributed by atoms with Crippen LogP contribution >= 0.6 is 0 Å². The summed E-state index contributed by atoms with van der Waals surface area (Å²) in [5, 5.41) is 3.69. The van der Waals surface area contributed by atoms with E-state index in [1.807, 2.05) is 0 Å². The van der Waals surface area contributed by atoms with E-state index in [1.54, 1.807) is 0 Å². The smallest absolute Gasteiger partial charge is 0.0779 e. The molecule has 3 nitrogen and oxygen atoms in total. The van der Waals surface area contributed by atoms with Crippen molar-refractivity contribution >= 4 is 0 Å². The maximum absolute atomic E-state index is 5.96. The maximum atomic E-state index is 5.96. The van der Waals surface area contributed by atoms with Gasteiger partial charge in [-0.1, -0.05) is 19.8 Å². The van der Waals surface area contributed by atoms with E-state index >= 15 is 0 Å². The number of ether oxygens (including phenoxy) is 1. The van der Waals surface area contributed by atoms with Crippen LogP contribution in [0.3, 0.4) is 0 Å². The lowest BCUT2D eigenvalue weighted by Crippen LogP contribution is -2.49.